The van der Waals surface area contributed by atoms with Gasteiger partial charge in [-0.3, -0.25) is 4.57 Å². The number of rotatable bonds is 5. The van der Waals surface area contributed by atoms with Crippen LogP contribution in [0.25, 0.3) is 17.1 Å². The van der Waals surface area contributed by atoms with Crippen LogP contribution in [0.2, 0.25) is 0 Å². The zero-order valence-corrected chi connectivity index (χ0v) is 19.5. The molecule has 0 aliphatic heterocycles. The Hall–Kier alpha value is -3.33. The SMILES string of the molecule is CC.CC.CC(C)c1ccc(-n2ccnc2-c2ccccc2)cc1Oc1ccccc1. The number of nitrogens with zero attached hydrogens (tertiary/aromatic N) is 2. The molecule has 0 fully saturated rings. The van der Waals surface area contributed by atoms with Crippen LogP contribution in [0, 0.1) is 0 Å². The van der Waals surface area contributed by atoms with E-state index in [0.29, 0.717) is 5.92 Å². The molecule has 162 valence electrons. The van der Waals surface area contributed by atoms with Gasteiger partial charge in [-0.15, -0.1) is 0 Å². The van der Waals surface area contributed by atoms with Crippen molar-refractivity contribution in [1.29, 1.82) is 0 Å². The molecule has 3 aromatic carbocycles. The molecule has 0 amide bonds. The lowest BCUT2D eigenvalue weighted by Gasteiger charge is -2.16. The monoisotopic (exact) mass is 414 g/mol. The Morgan fingerprint density at radius 1 is 0.774 bits per heavy atom. The first kappa shape index (κ1) is 23.9. The highest BCUT2D eigenvalue weighted by molar-refractivity contribution is 5.59. The molecule has 0 atom stereocenters. The van der Waals surface area contributed by atoms with Crippen molar-refractivity contribution in [3.8, 4) is 28.6 Å². The van der Waals surface area contributed by atoms with Crippen LogP contribution >= 0.6 is 0 Å². The molecule has 0 saturated heterocycles. The molecule has 1 heterocycles. The average Bonchev–Trinajstić information content (AvgIpc) is 3.33. The molecular weight excluding hydrogens is 380 g/mol. The predicted octanol–water partition coefficient (Wildman–Crippen LogP) is 8.51. The third-order valence-electron chi connectivity index (χ3n) is 4.54. The molecular formula is C28H34N2O. The van der Waals surface area contributed by atoms with Gasteiger partial charge in [-0.2, -0.15) is 0 Å². The molecule has 4 rings (SSSR count). The summed E-state index contributed by atoms with van der Waals surface area (Å²) in [5.74, 6) is 3.00. The molecule has 0 aliphatic rings. The highest BCUT2D eigenvalue weighted by Crippen LogP contribution is 2.33. The van der Waals surface area contributed by atoms with E-state index in [-0.39, 0.29) is 0 Å². The van der Waals surface area contributed by atoms with Crippen molar-refractivity contribution >= 4 is 0 Å². The molecule has 4 aromatic rings. The second kappa shape index (κ2) is 12.4. The summed E-state index contributed by atoms with van der Waals surface area (Å²) in [5, 5.41) is 0. The minimum Gasteiger partial charge on any atom is -0.457 e. The van der Waals surface area contributed by atoms with Crippen molar-refractivity contribution in [1.82, 2.24) is 9.55 Å². The Kier molecular flexibility index (Phi) is 9.57. The number of benzene rings is 3. The summed E-state index contributed by atoms with van der Waals surface area (Å²) in [5.41, 5.74) is 3.30. The summed E-state index contributed by atoms with van der Waals surface area (Å²) in [6, 6.07) is 26.5. The van der Waals surface area contributed by atoms with Gasteiger partial charge in [-0.1, -0.05) is 96.1 Å². The van der Waals surface area contributed by atoms with Crippen LogP contribution in [-0.2, 0) is 0 Å². The van der Waals surface area contributed by atoms with E-state index in [1.165, 1.54) is 5.56 Å². The minimum absolute atomic E-state index is 0.370. The number of hydrogen-bond donors (Lipinski definition) is 0. The van der Waals surface area contributed by atoms with Crippen molar-refractivity contribution in [3.05, 3.63) is 96.8 Å². The summed E-state index contributed by atoms with van der Waals surface area (Å²) >= 11 is 0. The Bertz CT molecular complexity index is 1020. The smallest absolute Gasteiger partial charge is 0.144 e. The van der Waals surface area contributed by atoms with E-state index in [1.54, 1.807) is 0 Å². The maximum atomic E-state index is 6.22. The van der Waals surface area contributed by atoms with E-state index in [1.807, 2.05) is 88.6 Å². The highest BCUT2D eigenvalue weighted by Gasteiger charge is 2.13. The van der Waals surface area contributed by atoms with E-state index in [2.05, 4.69) is 53.7 Å². The van der Waals surface area contributed by atoms with Crippen LogP contribution in [-0.4, -0.2) is 9.55 Å². The van der Waals surface area contributed by atoms with E-state index >= 15 is 0 Å². The lowest BCUT2D eigenvalue weighted by molar-refractivity contribution is 0.473. The molecule has 0 unspecified atom stereocenters. The molecule has 1 aromatic heterocycles. The van der Waals surface area contributed by atoms with Crippen LogP contribution in [0.15, 0.2) is 91.3 Å². The van der Waals surface area contributed by atoms with Crippen LogP contribution in [0.4, 0.5) is 0 Å². The van der Waals surface area contributed by atoms with E-state index in [4.69, 9.17) is 4.74 Å². The summed E-state index contributed by atoms with van der Waals surface area (Å²) < 4.78 is 8.32. The average molecular weight is 415 g/mol. The molecule has 31 heavy (non-hydrogen) atoms. The van der Waals surface area contributed by atoms with Crippen molar-refractivity contribution in [2.24, 2.45) is 0 Å². The van der Waals surface area contributed by atoms with Gasteiger partial charge < -0.3 is 4.74 Å². The summed E-state index contributed by atoms with van der Waals surface area (Å²) in [6.45, 7) is 12.4. The van der Waals surface area contributed by atoms with Gasteiger partial charge in [0.25, 0.3) is 0 Å². The fraction of sp³-hybridized carbons (Fsp3) is 0.250. The lowest BCUT2D eigenvalue weighted by Crippen LogP contribution is -2.00. The van der Waals surface area contributed by atoms with Gasteiger partial charge >= 0.3 is 0 Å². The number of aromatic nitrogens is 2. The molecule has 3 nitrogen and oxygen atoms in total. The normalized spacial score (nSPS) is 9.90. The van der Waals surface area contributed by atoms with Gasteiger partial charge in [0.1, 0.15) is 17.3 Å². The van der Waals surface area contributed by atoms with Crippen molar-refractivity contribution in [2.75, 3.05) is 0 Å². The van der Waals surface area contributed by atoms with Crippen molar-refractivity contribution < 1.29 is 4.74 Å². The molecule has 0 N–H and O–H groups in total. The van der Waals surface area contributed by atoms with E-state index in [9.17, 15) is 0 Å². The van der Waals surface area contributed by atoms with Crippen LogP contribution in [0.5, 0.6) is 11.5 Å². The van der Waals surface area contributed by atoms with Crippen LogP contribution < -0.4 is 4.74 Å². The standard InChI is InChI=1S/C24H22N2O.2C2H6/c1-18(2)22-14-13-20(17-23(22)27-21-11-7-4-8-12-21)26-16-15-25-24(26)19-9-5-3-6-10-19;2*1-2/h3-18H,1-2H3;2*1-2H3. The number of imidazole rings is 1. The van der Waals surface area contributed by atoms with E-state index < -0.39 is 0 Å². The number of ether oxygens (including phenoxy) is 1. The zero-order chi connectivity index (χ0) is 22.6. The number of para-hydroxylation sites is 1. The summed E-state index contributed by atoms with van der Waals surface area (Å²) in [4.78, 5) is 4.56. The second-order valence-corrected chi connectivity index (χ2v) is 6.78. The maximum Gasteiger partial charge on any atom is 0.144 e. The Morgan fingerprint density at radius 3 is 2.00 bits per heavy atom. The Morgan fingerprint density at radius 2 is 1.39 bits per heavy atom. The summed E-state index contributed by atoms with van der Waals surface area (Å²) in [6.07, 6.45) is 3.81. The van der Waals surface area contributed by atoms with Gasteiger partial charge in [-0.25, -0.2) is 4.98 Å². The third kappa shape index (κ3) is 6.08. The van der Waals surface area contributed by atoms with Gasteiger partial charge in [0, 0.05) is 24.0 Å². The zero-order valence-electron chi connectivity index (χ0n) is 19.5. The summed E-state index contributed by atoms with van der Waals surface area (Å²) in [7, 11) is 0. The fourth-order valence-corrected chi connectivity index (χ4v) is 3.17. The molecule has 0 bridgehead atoms. The molecule has 3 heteroatoms. The molecule has 0 spiro atoms. The quantitative estimate of drug-likeness (QED) is 0.327. The molecule has 0 radical (unpaired) electrons. The van der Waals surface area contributed by atoms with E-state index in [0.717, 1.165) is 28.6 Å². The number of hydrogen-bond acceptors (Lipinski definition) is 2. The maximum absolute atomic E-state index is 6.22. The van der Waals surface area contributed by atoms with Gasteiger partial charge in [0.15, 0.2) is 0 Å². The molecule has 0 saturated carbocycles. The topological polar surface area (TPSA) is 27.1 Å². The van der Waals surface area contributed by atoms with Crippen LogP contribution in [0.3, 0.4) is 0 Å². The first-order valence-electron chi connectivity index (χ1n) is 11.2. The van der Waals surface area contributed by atoms with Crippen molar-refractivity contribution in [3.63, 3.8) is 0 Å². The largest absolute Gasteiger partial charge is 0.457 e. The fourth-order valence-electron chi connectivity index (χ4n) is 3.17. The lowest BCUT2D eigenvalue weighted by atomic mass is 10.0. The van der Waals surface area contributed by atoms with Gasteiger partial charge in [-0.05, 0) is 29.7 Å². The Balaban J connectivity index is 0.000000807. The predicted molar refractivity (Wildman–Crippen MR) is 132 cm³/mol. The highest BCUT2D eigenvalue weighted by atomic mass is 16.5. The first-order valence-corrected chi connectivity index (χ1v) is 11.2. The third-order valence-corrected chi connectivity index (χ3v) is 4.54. The Labute approximate surface area is 187 Å². The van der Waals surface area contributed by atoms with Crippen molar-refractivity contribution in [2.45, 2.75) is 47.5 Å². The first-order chi connectivity index (χ1) is 15.2. The van der Waals surface area contributed by atoms with Crippen LogP contribution in [0.1, 0.15) is 53.0 Å². The van der Waals surface area contributed by atoms with Gasteiger partial charge in [0.2, 0.25) is 0 Å². The minimum atomic E-state index is 0.370. The van der Waals surface area contributed by atoms with Gasteiger partial charge in [0.05, 0.1) is 5.69 Å². The second-order valence-electron chi connectivity index (χ2n) is 6.78. The molecule has 0 aliphatic carbocycles.